The normalized spacial score (nSPS) is 13.8. The van der Waals surface area contributed by atoms with Crippen molar-refractivity contribution in [1.82, 2.24) is 0 Å². The van der Waals surface area contributed by atoms with Gasteiger partial charge in [-0.15, -0.1) is 0 Å². The third-order valence-corrected chi connectivity index (χ3v) is 8.37. The quantitative estimate of drug-likeness (QED) is 0.0941. The molecule has 4 rings (SSSR count). The fourth-order valence-corrected chi connectivity index (χ4v) is 6.27. The second-order valence-electron chi connectivity index (χ2n) is 12.4. The Kier molecular flexibility index (Phi) is 13.4. The maximum absolute atomic E-state index is 13.8. The van der Waals surface area contributed by atoms with Crippen molar-refractivity contribution >= 4 is 35.5 Å². The summed E-state index contributed by atoms with van der Waals surface area (Å²) in [5, 5.41) is 27.7. The van der Waals surface area contributed by atoms with Gasteiger partial charge in [0.2, 0.25) is 0 Å². The Bertz CT molecular complexity index is 1770. The van der Waals surface area contributed by atoms with Crippen LogP contribution >= 0.6 is 0 Å². The number of carbonyl (C=O) groups is 2. The number of rotatable bonds is 11. The van der Waals surface area contributed by atoms with Gasteiger partial charge in [0.15, 0.2) is 11.6 Å². The van der Waals surface area contributed by atoms with Crippen molar-refractivity contribution in [3.8, 4) is 0 Å². The first-order chi connectivity index (χ1) is 22.8. The summed E-state index contributed by atoms with van der Waals surface area (Å²) in [4.78, 5) is 35.7. The van der Waals surface area contributed by atoms with Gasteiger partial charge in [0, 0.05) is 23.6 Å². The summed E-state index contributed by atoms with van der Waals surface area (Å²) in [5.41, 5.74) is 7.62. The van der Waals surface area contributed by atoms with Crippen LogP contribution in [0.25, 0.3) is 11.5 Å². The molecular formula is C42H42CoN2O4. The van der Waals surface area contributed by atoms with Crippen molar-refractivity contribution in [2.45, 2.75) is 67.5 Å². The summed E-state index contributed by atoms with van der Waals surface area (Å²) in [6, 6.07) is 25.2. The van der Waals surface area contributed by atoms with Crippen LogP contribution in [-0.4, -0.2) is 24.0 Å². The van der Waals surface area contributed by atoms with E-state index in [9.17, 15) is 19.8 Å². The van der Waals surface area contributed by atoms with E-state index in [1.807, 2.05) is 126 Å². The van der Waals surface area contributed by atoms with Crippen LogP contribution in [0.4, 0.5) is 0 Å². The van der Waals surface area contributed by atoms with Crippen LogP contribution in [-0.2, 0) is 26.4 Å². The van der Waals surface area contributed by atoms with Gasteiger partial charge in [-0.3, -0.25) is 19.6 Å². The Balaban J connectivity index is 0.00000650. The second kappa shape index (κ2) is 17.0. The molecule has 0 spiro atoms. The summed E-state index contributed by atoms with van der Waals surface area (Å²) in [6.45, 7) is 14.1. The molecule has 0 bridgehead atoms. The van der Waals surface area contributed by atoms with E-state index in [-0.39, 0.29) is 27.9 Å². The van der Waals surface area contributed by atoms with Crippen LogP contribution in [0.15, 0.2) is 106 Å². The molecule has 253 valence electrons. The second-order valence-corrected chi connectivity index (χ2v) is 12.4. The Morgan fingerprint density at radius 3 is 1.10 bits per heavy atom. The molecule has 0 saturated heterocycles. The van der Waals surface area contributed by atoms with Crippen LogP contribution in [0.3, 0.4) is 0 Å². The van der Waals surface area contributed by atoms with Crippen molar-refractivity contribution in [3.63, 3.8) is 0 Å². The molecule has 0 aliphatic carbocycles. The number of aryl methyl sites for hydroxylation is 6. The number of benzene rings is 4. The first-order valence-corrected chi connectivity index (χ1v) is 16.0. The zero-order valence-electron chi connectivity index (χ0n) is 29.3. The molecule has 0 aromatic heterocycles. The number of nitrogens with zero attached hydrogens (tertiary/aromatic N) is 2. The summed E-state index contributed by atoms with van der Waals surface area (Å²) in [6.07, 6.45) is 2.71. The van der Waals surface area contributed by atoms with E-state index in [2.05, 4.69) is 0 Å². The van der Waals surface area contributed by atoms with Crippen molar-refractivity contribution in [2.75, 3.05) is 0 Å². The van der Waals surface area contributed by atoms with Crippen LogP contribution in [0, 0.1) is 41.5 Å². The van der Waals surface area contributed by atoms with Crippen LogP contribution < -0.4 is 10.2 Å². The summed E-state index contributed by atoms with van der Waals surface area (Å²) >= 11 is 0. The van der Waals surface area contributed by atoms with E-state index in [0.29, 0.717) is 11.1 Å². The molecule has 7 heteroatoms. The van der Waals surface area contributed by atoms with Gasteiger partial charge >= 0.3 is 16.8 Å². The Labute approximate surface area is 300 Å². The van der Waals surface area contributed by atoms with Crippen LogP contribution in [0.5, 0.6) is 0 Å². The van der Waals surface area contributed by atoms with Gasteiger partial charge in [-0.25, -0.2) is 0 Å². The Hall–Kier alpha value is -4.85. The summed E-state index contributed by atoms with van der Waals surface area (Å²) in [5.74, 6) is -1.60. The molecule has 0 aliphatic rings. The predicted molar refractivity (Wildman–Crippen MR) is 192 cm³/mol. The summed E-state index contributed by atoms with van der Waals surface area (Å²) in [7, 11) is 0. The molecular weight excluding hydrogens is 655 g/mol. The molecule has 0 unspecified atom stereocenters. The number of aliphatic imine (C=N–C) groups is 2. The fraction of sp³-hybridized carbons (Fsp3) is 0.238. The van der Waals surface area contributed by atoms with Gasteiger partial charge in [-0.2, -0.15) is 0 Å². The zero-order chi connectivity index (χ0) is 35.1. The van der Waals surface area contributed by atoms with Gasteiger partial charge in [0.25, 0.3) is 0 Å². The molecule has 1 radical (unpaired) electrons. The molecule has 0 aliphatic heterocycles. The number of hydrogen-bond acceptors (Lipinski definition) is 6. The van der Waals surface area contributed by atoms with Gasteiger partial charge in [-0.05, 0) is 99.9 Å². The largest absolute Gasteiger partial charge is 2.00 e. The number of carbonyl (C=O) groups excluding carboxylic acids is 2. The standard InChI is InChI=1S/C42H44N2O4.Co/c1-25-19-27(3)37(28(4)20-25)41(47)35(31(7)45)23-43-39(33-15-11-9-12-16-33)40(34-17-13-10-14-18-34)44-24-36(32(8)46)42(48)38-29(5)21-26(2)22-30(38)6;/h9-24,39-40,47-48H,1-8H3;/q;+2/p-2/b41-35-,42-36-,43-23?,44-24?;/t39-,40-;/m1./s1. The molecule has 49 heavy (non-hydrogen) atoms. The smallest absolute Gasteiger partial charge is 0.872 e. The minimum atomic E-state index is -0.710. The maximum Gasteiger partial charge on any atom is 2.00 e. The molecule has 0 heterocycles. The van der Waals surface area contributed by atoms with Crippen LogP contribution in [0.2, 0.25) is 0 Å². The average molecular weight is 698 g/mol. The number of allylic oxidation sites excluding steroid dienone is 2. The van der Waals surface area contributed by atoms with Crippen molar-refractivity contribution in [3.05, 3.63) is 152 Å². The van der Waals surface area contributed by atoms with E-state index in [0.717, 1.165) is 44.5 Å². The van der Waals surface area contributed by atoms with Crippen LogP contribution in [0.1, 0.15) is 81.6 Å². The van der Waals surface area contributed by atoms with E-state index in [4.69, 9.17) is 9.98 Å². The molecule has 0 fully saturated rings. The zero-order valence-corrected chi connectivity index (χ0v) is 30.3. The molecule has 0 amide bonds. The Morgan fingerprint density at radius 2 is 0.837 bits per heavy atom. The minimum Gasteiger partial charge on any atom is -0.872 e. The third kappa shape index (κ3) is 9.19. The van der Waals surface area contributed by atoms with E-state index >= 15 is 0 Å². The van der Waals surface area contributed by atoms with E-state index in [1.54, 1.807) is 0 Å². The number of hydrogen-bond donors (Lipinski definition) is 0. The van der Waals surface area contributed by atoms with Gasteiger partial charge in [0.1, 0.15) is 12.1 Å². The van der Waals surface area contributed by atoms with E-state index < -0.39 is 35.2 Å². The summed E-state index contributed by atoms with van der Waals surface area (Å²) < 4.78 is 0. The number of ketones is 2. The Morgan fingerprint density at radius 1 is 0.551 bits per heavy atom. The first kappa shape index (κ1) is 38.6. The topological polar surface area (TPSA) is 105 Å². The van der Waals surface area contributed by atoms with Gasteiger partial charge < -0.3 is 10.2 Å². The fourth-order valence-electron chi connectivity index (χ4n) is 6.27. The molecule has 2 atom stereocenters. The molecule has 6 nitrogen and oxygen atoms in total. The van der Waals surface area contributed by atoms with Gasteiger partial charge in [-0.1, -0.05) is 108 Å². The minimum absolute atomic E-state index is 0. The molecule has 0 saturated carbocycles. The van der Waals surface area contributed by atoms with Crippen molar-refractivity contribution < 1.29 is 36.6 Å². The first-order valence-electron chi connectivity index (χ1n) is 16.0. The molecule has 0 N–H and O–H groups in total. The van der Waals surface area contributed by atoms with E-state index in [1.165, 1.54) is 26.3 Å². The third-order valence-electron chi connectivity index (χ3n) is 8.37. The van der Waals surface area contributed by atoms with Gasteiger partial charge in [0.05, 0.1) is 0 Å². The monoisotopic (exact) mass is 697 g/mol. The van der Waals surface area contributed by atoms with Crippen molar-refractivity contribution in [2.24, 2.45) is 9.98 Å². The average Bonchev–Trinajstić information content (AvgIpc) is 3.01. The predicted octanol–water partition coefficient (Wildman–Crippen LogP) is 7.18. The SMILES string of the molecule is CC(=O)/C(C=N[C@H](c1ccccc1)[C@H](N=C/C(C(C)=O)=C(/[O-])c1c(C)cc(C)cc1C)c1ccccc1)=C(\[O-])c1c(C)cc(C)cc1C.[Co+2]. The molecule has 4 aromatic carbocycles. The molecule has 4 aromatic rings. The number of Topliss-reactive ketones (excluding diaryl/α,β-unsaturated/α-hetero) is 2. The maximum atomic E-state index is 13.8. The van der Waals surface area contributed by atoms with Crippen molar-refractivity contribution in [1.29, 1.82) is 0 Å².